The Kier molecular flexibility index (Phi) is 11.1. The zero-order chi connectivity index (χ0) is 22.2. The number of halogens is 1. The van der Waals surface area contributed by atoms with Crippen molar-refractivity contribution in [2.45, 2.75) is 60.3 Å². The van der Waals surface area contributed by atoms with E-state index in [4.69, 9.17) is 9.47 Å². The second kappa shape index (κ2) is 12.5. The third-order valence-electron chi connectivity index (χ3n) is 5.96. The van der Waals surface area contributed by atoms with E-state index in [9.17, 15) is 0 Å². The van der Waals surface area contributed by atoms with Gasteiger partial charge in [-0.2, -0.15) is 0 Å². The Balaban J connectivity index is 0.00000480. The van der Waals surface area contributed by atoms with Gasteiger partial charge in [-0.1, -0.05) is 76.2 Å². The number of hydrogen-bond acceptors (Lipinski definition) is 2. The molecule has 0 fully saturated rings. The van der Waals surface area contributed by atoms with Crippen molar-refractivity contribution in [1.29, 1.82) is 0 Å². The summed E-state index contributed by atoms with van der Waals surface area (Å²) in [5, 5.41) is 0. The Bertz CT molecular complexity index is 721. The van der Waals surface area contributed by atoms with Crippen LogP contribution in [-0.2, 0) is 10.3 Å². The topological polar surface area (TPSA) is 18.5 Å². The molecule has 0 aliphatic rings. The summed E-state index contributed by atoms with van der Waals surface area (Å²) in [4.78, 5) is 0. The number of rotatable bonds is 12. The van der Waals surface area contributed by atoms with E-state index in [-0.39, 0.29) is 24.2 Å². The standard InChI is InChI=1S/C27H42NO2.ClH/c1-8-29-26(30-25-17-13-10-14-18-25)21-28(19-22(2)3,20-23(4)5)27(6,7)24-15-11-9-12-16-24;/h9-18,22-23,26H,8,19-21H2,1-7H3;1H/q+1;/p-1. The minimum atomic E-state index is -0.294. The van der Waals surface area contributed by atoms with E-state index < -0.39 is 0 Å². The first-order valence-corrected chi connectivity index (χ1v) is 11.4. The summed E-state index contributed by atoms with van der Waals surface area (Å²) in [5.74, 6) is 1.98. The van der Waals surface area contributed by atoms with Gasteiger partial charge in [-0.3, -0.25) is 0 Å². The van der Waals surface area contributed by atoms with Crippen molar-refractivity contribution < 1.29 is 26.4 Å². The highest BCUT2D eigenvalue weighted by Gasteiger charge is 2.47. The molecule has 31 heavy (non-hydrogen) atoms. The molecule has 1 atom stereocenters. The third-order valence-corrected chi connectivity index (χ3v) is 5.96. The van der Waals surface area contributed by atoms with Gasteiger partial charge in [0.1, 0.15) is 17.8 Å². The summed E-state index contributed by atoms with van der Waals surface area (Å²) >= 11 is 0. The molecule has 0 spiro atoms. The van der Waals surface area contributed by atoms with E-state index >= 15 is 0 Å². The molecule has 0 radical (unpaired) electrons. The molecular weight excluding hydrogens is 406 g/mol. The first-order chi connectivity index (χ1) is 14.2. The molecule has 0 bridgehead atoms. The monoisotopic (exact) mass is 447 g/mol. The van der Waals surface area contributed by atoms with Gasteiger partial charge in [-0.25, -0.2) is 0 Å². The summed E-state index contributed by atoms with van der Waals surface area (Å²) in [5.41, 5.74) is 1.28. The maximum absolute atomic E-state index is 6.37. The molecule has 0 saturated heterocycles. The van der Waals surface area contributed by atoms with E-state index in [1.807, 2.05) is 37.3 Å². The van der Waals surface area contributed by atoms with Crippen LogP contribution in [0, 0.1) is 11.8 Å². The molecule has 0 saturated carbocycles. The van der Waals surface area contributed by atoms with Crippen molar-refractivity contribution in [1.82, 2.24) is 0 Å². The van der Waals surface area contributed by atoms with Crippen molar-refractivity contribution >= 4 is 0 Å². The molecule has 2 aromatic carbocycles. The van der Waals surface area contributed by atoms with E-state index in [0.717, 1.165) is 29.9 Å². The third kappa shape index (κ3) is 7.52. The summed E-state index contributed by atoms with van der Waals surface area (Å²) < 4.78 is 13.4. The molecule has 4 heteroatoms. The summed E-state index contributed by atoms with van der Waals surface area (Å²) in [7, 11) is 0. The van der Waals surface area contributed by atoms with Crippen LogP contribution in [0.2, 0.25) is 0 Å². The first kappa shape index (κ1) is 27.5. The van der Waals surface area contributed by atoms with Crippen LogP contribution < -0.4 is 17.1 Å². The zero-order valence-electron chi connectivity index (χ0n) is 20.5. The molecule has 0 aromatic heterocycles. The number of ether oxygens (including phenoxy) is 2. The van der Waals surface area contributed by atoms with Gasteiger partial charge in [-0.15, -0.1) is 0 Å². The lowest BCUT2D eigenvalue weighted by Gasteiger charge is -2.53. The second-order valence-electron chi connectivity index (χ2n) is 9.72. The van der Waals surface area contributed by atoms with Gasteiger partial charge in [0, 0.05) is 24.0 Å². The fourth-order valence-corrected chi connectivity index (χ4v) is 4.67. The molecule has 3 nitrogen and oxygen atoms in total. The Labute approximate surface area is 196 Å². The summed E-state index contributed by atoms with van der Waals surface area (Å²) in [6.45, 7) is 19.7. The predicted octanol–water partition coefficient (Wildman–Crippen LogP) is 3.50. The number of nitrogens with zero attached hydrogens (tertiary/aromatic N) is 1. The van der Waals surface area contributed by atoms with Crippen LogP contribution in [-0.4, -0.2) is 37.0 Å². The highest BCUT2D eigenvalue weighted by atomic mass is 35.5. The lowest BCUT2D eigenvalue weighted by Crippen LogP contribution is -3.00. The molecule has 2 aromatic rings. The van der Waals surface area contributed by atoms with E-state index in [0.29, 0.717) is 18.4 Å². The Morgan fingerprint density at radius 3 is 1.71 bits per heavy atom. The Morgan fingerprint density at radius 2 is 1.26 bits per heavy atom. The maximum atomic E-state index is 6.37. The Hall–Kier alpha value is -1.55. The van der Waals surface area contributed by atoms with E-state index in [2.05, 4.69) is 71.9 Å². The van der Waals surface area contributed by atoms with Crippen LogP contribution in [0.3, 0.4) is 0 Å². The molecule has 0 aliphatic heterocycles. The van der Waals surface area contributed by atoms with Gasteiger partial charge < -0.3 is 26.4 Å². The molecule has 2 rings (SSSR count). The zero-order valence-corrected chi connectivity index (χ0v) is 21.2. The van der Waals surface area contributed by atoms with Crippen LogP contribution in [0.4, 0.5) is 0 Å². The van der Waals surface area contributed by atoms with Crippen molar-refractivity contribution in [3.8, 4) is 5.75 Å². The van der Waals surface area contributed by atoms with Crippen LogP contribution in [0.5, 0.6) is 5.75 Å². The smallest absolute Gasteiger partial charge is 0.249 e. The molecule has 0 aliphatic carbocycles. The van der Waals surface area contributed by atoms with Gasteiger partial charge in [0.2, 0.25) is 6.29 Å². The van der Waals surface area contributed by atoms with Gasteiger partial charge in [0.25, 0.3) is 0 Å². The SMILES string of the molecule is CCOC(C[N+](CC(C)C)(CC(C)C)C(C)(C)c1ccccc1)Oc1ccccc1.[Cl-]. The molecular formula is C27H42ClNO2. The van der Waals surface area contributed by atoms with Crippen LogP contribution in [0.15, 0.2) is 60.7 Å². The molecule has 174 valence electrons. The molecule has 0 heterocycles. The fourth-order valence-electron chi connectivity index (χ4n) is 4.67. The van der Waals surface area contributed by atoms with Crippen LogP contribution >= 0.6 is 0 Å². The quantitative estimate of drug-likeness (QED) is 0.366. The van der Waals surface area contributed by atoms with Crippen molar-refractivity contribution in [3.05, 3.63) is 66.2 Å². The highest BCUT2D eigenvalue weighted by molar-refractivity contribution is 5.22. The number of para-hydroxylation sites is 1. The molecule has 0 amide bonds. The second-order valence-corrected chi connectivity index (χ2v) is 9.72. The fraction of sp³-hybridized carbons (Fsp3) is 0.556. The predicted molar refractivity (Wildman–Crippen MR) is 126 cm³/mol. The van der Waals surface area contributed by atoms with Crippen molar-refractivity contribution in [2.75, 3.05) is 26.2 Å². The average molecular weight is 448 g/mol. The largest absolute Gasteiger partial charge is 1.00 e. The average Bonchev–Trinajstić information content (AvgIpc) is 2.68. The van der Waals surface area contributed by atoms with Gasteiger partial charge in [0.05, 0.1) is 13.1 Å². The normalized spacial score (nSPS) is 13.2. The summed E-state index contributed by atoms with van der Waals surface area (Å²) in [6.07, 6.45) is -0.294. The lowest BCUT2D eigenvalue weighted by atomic mass is 9.86. The minimum Gasteiger partial charge on any atom is -1.00 e. The Morgan fingerprint density at radius 1 is 0.774 bits per heavy atom. The summed E-state index contributed by atoms with van der Waals surface area (Å²) in [6, 6.07) is 21.0. The van der Waals surface area contributed by atoms with E-state index in [1.54, 1.807) is 0 Å². The molecule has 1 unspecified atom stereocenters. The van der Waals surface area contributed by atoms with Crippen LogP contribution in [0.1, 0.15) is 54.0 Å². The van der Waals surface area contributed by atoms with Crippen molar-refractivity contribution in [2.24, 2.45) is 11.8 Å². The molecule has 0 N–H and O–H groups in total. The first-order valence-electron chi connectivity index (χ1n) is 11.4. The minimum absolute atomic E-state index is 0. The number of hydrogen-bond donors (Lipinski definition) is 0. The number of quaternary nitrogens is 1. The van der Waals surface area contributed by atoms with Gasteiger partial charge >= 0.3 is 0 Å². The highest BCUT2D eigenvalue weighted by Crippen LogP contribution is 2.38. The maximum Gasteiger partial charge on any atom is 0.249 e. The van der Waals surface area contributed by atoms with Gasteiger partial charge in [-0.05, 0) is 32.9 Å². The number of benzene rings is 2. The van der Waals surface area contributed by atoms with Gasteiger partial charge in [0.15, 0.2) is 0 Å². The lowest BCUT2D eigenvalue weighted by molar-refractivity contribution is -0.989. The van der Waals surface area contributed by atoms with Crippen LogP contribution in [0.25, 0.3) is 0 Å². The van der Waals surface area contributed by atoms with E-state index in [1.165, 1.54) is 5.56 Å². The van der Waals surface area contributed by atoms with Crippen molar-refractivity contribution in [3.63, 3.8) is 0 Å².